The first kappa shape index (κ1) is 24.7. The fourth-order valence-electron chi connectivity index (χ4n) is 4.07. The van der Waals surface area contributed by atoms with Gasteiger partial charge in [-0.1, -0.05) is 48.5 Å². The summed E-state index contributed by atoms with van der Waals surface area (Å²) in [6, 6.07) is 24.0. The van der Waals surface area contributed by atoms with Crippen LogP contribution < -0.4 is 10.1 Å². The number of aromatic nitrogens is 3. The second kappa shape index (κ2) is 11.4. The van der Waals surface area contributed by atoms with Gasteiger partial charge in [-0.15, -0.1) is 0 Å². The van der Waals surface area contributed by atoms with Crippen LogP contribution in [0, 0.1) is 0 Å². The van der Waals surface area contributed by atoms with E-state index in [-0.39, 0.29) is 12.1 Å². The number of ether oxygens (including phenoxy) is 2. The quantitative estimate of drug-likeness (QED) is 0.296. The molecule has 0 aliphatic heterocycles. The third-order valence-corrected chi connectivity index (χ3v) is 6.08. The number of carbonyl (C=O) groups excluding carboxylic acids is 2. The van der Waals surface area contributed by atoms with E-state index in [4.69, 9.17) is 9.47 Å². The van der Waals surface area contributed by atoms with Crippen LogP contribution in [-0.4, -0.2) is 39.4 Å². The van der Waals surface area contributed by atoms with Crippen LogP contribution in [0.5, 0.6) is 5.75 Å². The third-order valence-electron chi connectivity index (χ3n) is 6.08. The lowest BCUT2D eigenvalue weighted by molar-refractivity contribution is -0.142. The predicted octanol–water partition coefficient (Wildman–Crippen LogP) is 4.49. The van der Waals surface area contributed by atoms with Gasteiger partial charge in [-0.05, 0) is 47.0 Å². The number of esters is 1. The lowest BCUT2D eigenvalue weighted by atomic mass is 10.1. The zero-order valence-corrected chi connectivity index (χ0v) is 20.8. The number of nitrogens with one attached hydrogen (secondary N) is 1. The monoisotopic (exact) mass is 506 g/mol. The fourth-order valence-corrected chi connectivity index (χ4v) is 4.07. The van der Waals surface area contributed by atoms with Gasteiger partial charge in [0.05, 0.1) is 7.11 Å². The van der Waals surface area contributed by atoms with Crippen LogP contribution in [0.15, 0.2) is 104 Å². The van der Waals surface area contributed by atoms with Crippen molar-refractivity contribution >= 4 is 17.5 Å². The highest BCUT2D eigenvalue weighted by Gasteiger charge is 2.24. The molecule has 5 rings (SSSR count). The van der Waals surface area contributed by atoms with E-state index in [1.54, 1.807) is 23.0 Å². The molecule has 0 unspecified atom stereocenters. The van der Waals surface area contributed by atoms with Crippen LogP contribution in [-0.2, 0) is 22.6 Å². The minimum Gasteiger partial charge on any atom is -0.489 e. The molecule has 1 amide bonds. The lowest BCUT2D eigenvalue weighted by Crippen LogP contribution is -2.43. The maximum atomic E-state index is 13.0. The van der Waals surface area contributed by atoms with E-state index in [1.165, 1.54) is 7.11 Å². The molecule has 0 aliphatic rings. The number of pyridine rings is 2. The first-order valence-corrected chi connectivity index (χ1v) is 12.1. The number of hydrogen-bond acceptors (Lipinski definition) is 6. The Balaban J connectivity index is 1.26. The van der Waals surface area contributed by atoms with Crippen LogP contribution in [0.1, 0.15) is 21.6 Å². The number of carbonyl (C=O) groups is 2. The standard InChI is InChI=1S/C30H26N4O4/c1-37-30(36)26(16-21-9-12-25(13-10-21)38-20-22-6-3-2-4-7-22)33-29(35)27-19-34-18-24(11-14-28(34)32-27)23-8-5-15-31-17-23/h2-15,17-19,26H,16,20H2,1H3,(H,33,35)/t26-/m0/s1. The Kier molecular flexibility index (Phi) is 7.40. The SMILES string of the molecule is COC(=O)[C@H](Cc1ccc(OCc2ccccc2)cc1)NC(=O)c1cn2cc(-c3cccnc3)ccc2n1. The molecule has 0 fully saturated rings. The van der Waals surface area contributed by atoms with Gasteiger partial charge in [-0.2, -0.15) is 0 Å². The van der Waals surface area contributed by atoms with Crippen molar-refractivity contribution in [2.45, 2.75) is 19.1 Å². The molecule has 3 heterocycles. The third kappa shape index (κ3) is 5.87. The Morgan fingerprint density at radius 2 is 1.71 bits per heavy atom. The van der Waals surface area contributed by atoms with Crippen LogP contribution in [0.25, 0.3) is 16.8 Å². The topological polar surface area (TPSA) is 94.8 Å². The van der Waals surface area contributed by atoms with E-state index in [1.807, 2.05) is 85.1 Å². The zero-order valence-electron chi connectivity index (χ0n) is 20.8. The Labute approximate surface area is 219 Å². The number of imidazole rings is 1. The number of nitrogens with zero attached hydrogens (tertiary/aromatic N) is 3. The summed E-state index contributed by atoms with van der Waals surface area (Å²) in [6.07, 6.45) is 7.27. The van der Waals surface area contributed by atoms with Gasteiger partial charge in [-0.3, -0.25) is 9.78 Å². The fraction of sp³-hybridized carbons (Fsp3) is 0.133. The second-order valence-corrected chi connectivity index (χ2v) is 8.72. The minimum absolute atomic E-state index is 0.201. The smallest absolute Gasteiger partial charge is 0.328 e. The maximum absolute atomic E-state index is 13.0. The molecule has 0 bridgehead atoms. The van der Waals surface area contributed by atoms with Crippen LogP contribution in [0.2, 0.25) is 0 Å². The second-order valence-electron chi connectivity index (χ2n) is 8.72. The maximum Gasteiger partial charge on any atom is 0.328 e. The van der Waals surface area contributed by atoms with Crippen molar-refractivity contribution in [3.63, 3.8) is 0 Å². The normalized spacial score (nSPS) is 11.6. The largest absolute Gasteiger partial charge is 0.489 e. The Morgan fingerprint density at radius 3 is 2.45 bits per heavy atom. The average molecular weight is 507 g/mol. The summed E-state index contributed by atoms with van der Waals surface area (Å²) < 4.78 is 12.6. The van der Waals surface area contributed by atoms with E-state index in [9.17, 15) is 9.59 Å². The van der Waals surface area contributed by atoms with Gasteiger partial charge < -0.3 is 19.2 Å². The van der Waals surface area contributed by atoms with E-state index in [0.29, 0.717) is 18.0 Å². The molecule has 3 aromatic heterocycles. The molecule has 0 saturated heterocycles. The highest BCUT2D eigenvalue weighted by atomic mass is 16.5. The van der Waals surface area contributed by atoms with E-state index in [2.05, 4.69) is 15.3 Å². The van der Waals surface area contributed by atoms with E-state index < -0.39 is 17.9 Å². The summed E-state index contributed by atoms with van der Waals surface area (Å²) in [5.41, 5.74) is 4.64. The Morgan fingerprint density at radius 1 is 0.895 bits per heavy atom. The first-order chi connectivity index (χ1) is 18.6. The highest BCUT2D eigenvalue weighted by molar-refractivity contribution is 5.95. The van der Waals surface area contributed by atoms with Gasteiger partial charge in [0.25, 0.3) is 5.91 Å². The van der Waals surface area contributed by atoms with Crippen molar-refractivity contribution in [3.05, 3.63) is 120 Å². The summed E-state index contributed by atoms with van der Waals surface area (Å²) in [4.78, 5) is 34.1. The molecule has 0 saturated carbocycles. The summed E-state index contributed by atoms with van der Waals surface area (Å²) in [5, 5.41) is 2.77. The molecule has 190 valence electrons. The molecule has 1 atom stereocenters. The number of methoxy groups -OCH3 is 1. The van der Waals surface area contributed by atoms with Gasteiger partial charge in [0, 0.05) is 36.8 Å². The molecule has 0 aliphatic carbocycles. The number of rotatable bonds is 9. The molecule has 0 spiro atoms. The molecular formula is C30H26N4O4. The van der Waals surface area contributed by atoms with Gasteiger partial charge in [0.1, 0.15) is 29.7 Å². The van der Waals surface area contributed by atoms with E-state index >= 15 is 0 Å². The van der Waals surface area contributed by atoms with Crippen LogP contribution >= 0.6 is 0 Å². The molecular weight excluding hydrogens is 480 g/mol. The van der Waals surface area contributed by atoms with Crippen LogP contribution in [0.4, 0.5) is 0 Å². The van der Waals surface area contributed by atoms with Crippen LogP contribution in [0.3, 0.4) is 0 Å². The molecule has 1 N–H and O–H groups in total. The number of hydrogen-bond donors (Lipinski definition) is 1. The Bertz CT molecular complexity index is 1530. The average Bonchev–Trinajstić information content (AvgIpc) is 3.41. The molecule has 38 heavy (non-hydrogen) atoms. The summed E-state index contributed by atoms with van der Waals surface area (Å²) in [6.45, 7) is 0.462. The molecule has 5 aromatic rings. The predicted molar refractivity (Wildman–Crippen MR) is 143 cm³/mol. The van der Waals surface area contributed by atoms with Gasteiger partial charge in [-0.25, -0.2) is 9.78 Å². The molecule has 0 radical (unpaired) electrons. The van der Waals surface area contributed by atoms with Crippen molar-refractivity contribution < 1.29 is 19.1 Å². The zero-order chi connectivity index (χ0) is 26.3. The molecule has 8 heteroatoms. The van der Waals surface area contributed by atoms with E-state index in [0.717, 1.165) is 22.3 Å². The van der Waals surface area contributed by atoms with Crippen molar-refractivity contribution in [1.29, 1.82) is 0 Å². The first-order valence-electron chi connectivity index (χ1n) is 12.1. The number of amides is 1. The van der Waals surface area contributed by atoms with Gasteiger partial charge in [0.15, 0.2) is 0 Å². The minimum atomic E-state index is -0.876. The molecule has 8 nitrogen and oxygen atoms in total. The molecule has 2 aromatic carbocycles. The number of fused-ring (bicyclic) bond motifs is 1. The number of benzene rings is 2. The van der Waals surface area contributed by atoms with Crippen molar-refractivity contribution in [3.8, 4) is 16.9 Å². The Hall–Kier alpha value is -4.98. The summed E-state index contributed by atoms with van der Waals surface area (Å²) >= 11 is 0. The highest BCUT2D eigenvalue weighted by Crippen LogP contribution is 2.20. The van der Waals surface area contributed by atoms with Crippen molar-refractivity contribution in [1.82, 2.24) is 19.7 Å². The van der Waals surface area contributed by atoms with Gasteiger partial charge >= 0.3 is 5.97 Å². The lowest BCUT2D eigenvalue weighted by Gasteiger charge is -2.16. The van der Waals surface area contributed by atoms with Crippen molar-refractivity contribution in [2.24, 2.45) is 0 Å². The van der Waals surface area contributed by atoms with Crippen molar-refractivity contribution in [2.75, 3.05) is 7.11 Å². The summed E-state index contributed by atoms with van der Waals surface area (Å²) in [7, 11) is 1.30. The summed E-state index contributed by atoms with van der Waals surface area (Å²) in [5.74, 6) is -0.285. The van der Waals surface area contributed by atoms with Gasteiger partial charge in [0.2, 0.25) is 0 Å².